The van der Waals surface area contributed by atoms with E-state index in [1.54, 1.807) is 13.0 Å². The van der Waals surface area contributed by atoms with Crippen molar-refractivity contribution in [3.05, 3.63) is 53.6 Å². The van der Waals surface area contributed by atoms with Crippen LogP contribution in [0.2, 0.25) is 0 Å². The van der Waals surface area contributed by atoms with Crippen molar-refractivity contribution >= 4 is 23.8 Å². The molecule has 1 heterocycles. The number of carbonyl (C=O) groups is 3. The zero-order chi connectivity index (χ0) is 16.7. The molecule has 1 aromatic rings. The molecule has 0 aliphatic carbocycles. The van der Waals surface area contributed by atoms with Gasteiger partial charge in [-0.05, 0) is 31.4 Å². The van der Waals surface area contributed by atoms with Gasteiger partial charge in [0.25, 0.3) is 11.8 Å². The van der Waals surface area contributed by atoms with Gasteiger partial charge in [-0.15, -0.1) is 0 Å². The van der Waals surface area contributed by atoms with Gasteiger partial charge in [0.05, 0.1) is 0 Å². The lowest BCUT2D eigenvalue weighted by molar-refractivity contribution is -0.137. The number of nitrogens with zero attached hydrogens (tertiary/aromatic N) is 1. The summed E-state index contributed by atoms with van der Waals surface area (Å²) in [5, 5.41) is 2.78. The number of rotatable bonds is 7. The summed E-state index contributed by atoms with van der Waals surface area (Å²) in [5.74, 6) is -0.619. The third-order valence-electron chi connectivity index (χ3n) is 3.52. The van der Waals surface area contributed by atoms with E-state index in [1.165, 1.54) is 17.1 Å². The van der Waals surface area contributed by atoms with Crippen LogP contribution in [0, 0.1) is 0 Å². The standard InChI is InChI=1S/C18H20N2O3/c1-14-13-17(22)20(18(14)23)12-6-5-11-19-16(21)10-9-15-7-3-2-4-8-15/h2-4,7-10,13H,5-6,11-12H2,1H3,(H,19,21)/b10-9+. The van der Waals surface area contributed by atoms with Gasteiger partial charge < -0.3 is 5.32 Å². The number of benzene rings is 1. The third-order valence-corrected chi connectivity index (χ3v) is 3.52. The van der Waals surface area contributed by atoms with E-state index in [0.717, 1.165) is 5.56 Å². The Morgan fingerprint density at radius 2 is 1.91 bits per heavy atom. The first-order valence-corrected chi connectivity index (χ1v) is 7.63. The number of hydrogen-bond acceptors (Lipinski definition) is 3. The lowest BCUT2D eigenvalue weighted by Crippen LogP contribution is -2.32. The average Bonchev–Trinajstić information content (AvgIpc) is 2.79. The van der Waals surface area contributed by atoms with Gasteiger partial charge in [-0.3, -0.25) is 19.3 Å². The maximum absolute atomic E-state index is 11.7. The molecule has 0 bridgehead atoms. The molecule has 5 nitrogen and oxygen atoms in total. The van der Waals surface area contributed by atoms with Gasteiger partial charge in [-0.1, -0.05) is 30.3 Å². The molecule has 2 rings (SSSR count). The summed E-state index contributed by atoms with van der Waals surface area (Å²) in [4.78, 5) is 36.1. The van der Waals surface area contributed by atoms with Crippen LogP contribution in [0.25, 0.3) is 6.08 Å². The number of imide groups is 1. The third kappa shape index (κ3) is 4.92. The molecule has 0 atom stereocenters. The van der Waals surface area contributed by atoms with E-state index >= 15 is 0 Å². The second-order valence-electron chi connectivity index (χ2n) is 5.36. The smallest absolute Gasteiger partial charge is 0.256 e. The second kappa shape index (κ2) is 8.08. The Hall–Kier alpha value is -2.69. The molecule has 1 aliphatic heterocycles. The summed E-state index contributed by atoms with van der Waals surface area (Å²) in [6.45, 7) is 2.54. The lowest BCUT2D eigenvalue weighted by atomic mass is 10.2. The Morgan fingerprint density at radius 3 is 2.57 bits per heavy atom. The zero-order valence-corrected chi connectivity index (χ0v) is 13.1. The van der Waals surface area contributed by atoms with Crippen molar-refractivity contribution in [1.29, 1.82) is 0 Å². The van der Waals surface area contributed by atoms with Crippen molar-refractivity contribution in [2.45, 2.75) is 19.8 Å². The van der Waals surface area contributed by atoms with Gasteiger partial charge in [0.2, 0.25) is 5.91 Å². The van der Waals surface area contributed by atoms with Crippen LogP contribution < -0.4 is 5.32 Å². The molecule has 0 saturated heterocycles. The van der Waals surface area contributed by atoms with Crippen molar-refractivity contribution in [3.63, 3.8) is 0 Å². The van der Waals surface area contributed by atoms with E-state index in [1.807, 2.05) is 30.3 Å². The molecule has 0 fully saturated rings. The molecular weight excluding hydrogens is 292 g/mol. The second-order valence-corrected chi connectivity index (χ2v) is 5.36. The molecule has 1 aliphatic rings. The van der Waals surface area contributed by atoms with Crippen LogP contribution >= 0.6 is 0 Å². The Labute approximate surface area is 135 Å². The Kier molecular flexibility index (Phi) is 5.86. The van der Waals surface area contributed by atoms with Gasteiger partial charge in [0, 0.05) is 30.8 Å². The van der Waals surface area contributed by atoms with Gasteiger partial charge in [-0.2, -0.15) is 0 Å². The van der Waals surface area contributed by atoms with E-state index < -0.39 is 0 Å². The van der Waals surface area contributed by atoms with E-state index in [9.17, 15) is 14.4 Å². The largest absolute Gasteiger partial charge is 0.353 e. The highest BCUT2D eigenvalue weighted by Crippen LogP contribution is 2.12. The first-order valence-electron chi connectivity index (χ1n) is 7.63. The molecule has 0 saturated carbocycles. The van der Waals surface area contributed by atoms with Crippen LogP contribution in [0.15, 0.2) is 48.1 Å². The summed E-state index contributed by atoms with van der Waals surface area (Å²) in [6.07, 6.45) is 5.99. The molecule has 5 heteroatoms. The first-order chi connectivity index (χ1) is 11.1. The van der Waals surface area contributed by atoms with E-state index in [4.69, 9.17) is 0 Å². The molecule has 120 valence electrons. The Balaban J connectivity index is 1.62. The highest BCUT2D eigenvalue weighted by molar-refractivity contribution is 6.15. The predicted molar refractivity (Wildman–Crippen MR) is 88.2 cm³/mol. The van der Waals surface area contributed by atoms with Gasteiger partial charge >= 0.3 is 0 Å². The SMILES string of the molecule is CC1=CC(=O)N(CCCCNC(=O)/C=C/c2ccccc2)C1=O. The maximum Gasteiger partial charge on any atom is 0.256 e. The monoisotopic (exact) mass is 312 g/mol. The van der Waals surface area contributed by atoms with Crippen molar-refractivity contribution in [1.82, 2.24) is 10.2 Å². The van der Waals surface area contributed by atoms with Gasteiger partial charge in [-0.25, -0.2) is 0 Å². The molecule has 0 aromatic heterocycles. The molecule has 1 N–H and O–H groups in total. The molecule has 23 heavy (non-hydrogen) atoms. The molecule has 0 radical (unpaired) electrons. The maximum atomic E-state index is 11.7. The van der Waals surface area contributed by atoms with Crippen molar-refractivity contribution in [2.24, 2.45) is 0 Å². The number of unbranched alkanes of at least 4 members (excludes halogenated alkanes) is 1. The number of nitrogens with one attached hydrogen (secondary N) is 1. The predicted octanol–water partition coefficient (Wildman–Crippen LogP) is 1.91. The lowest BCUT2D eigenvalue weighted by Gasteiger charge is -2.13. The van der Waals surface area contributed by atoms with Crippen molar-refractivity contribution in [3.8, 4) is 0 Å². The fraction of sp³-hybridized carbons (Fsp3) is 0.278. The van der Waals surface area contributed by atoms with Crippen molar-refractivity contribution < 1.29 is 14.4 Å². The highest BCUT2D eigenvalue weighted by Gasteiger charge is 2.27. The minimum Gasteiger partial charge on any atom is -0.353 e. The Morgan fingerprint density at radius 1 is 1.17 bits per heavy atom. The van der Waals surface area contributed by atoms with Crippen LogP contribution in [-0.2, 0) is 14.4 Å². The zero-order valence-electron chi connectivity index (χ0n) is 13.1. The molecule has 1 aromatic carbocycles. The fourth-order valence-electron chi connectivity index (χ4n) is 2.25. The van der Waals surface area contributed by atoms with Gasteiger partial charge in [0.15, 0.2) is 0 Å². The molecule has 0 spiro atoms. The van der Waals surface area contributed by atoms with Crippen LogP contribution in [0.1, 0.15) is 25.3 Å². The van der Waals surface area contributed by atoms with E-state index in [0.29, 0.717) is 31.5 Å². The number of carbonyl (C=O) groups excluding carboxylic acids is 3. The summed E-state index contributed by atoms with van der Waals surface area (Å²) in [5.41, 5.74) is 1.45. The minimum absolute atomic E-state index is 0.153. The average molecular weight is 312 g/mol. The molecule has 3 amide bonds. The number of hydrogen-bond donors (Lipinski definition) is 1. The van der Waals surface area contributed by atoms with E-state index in [2.05, 4.69) is 5.32 Å². The van der Waals surface area contributed by atoms with E-state index in [-0.39, 0.29) is 17.7 Å². The summed E-state index contributed by atoms with van der Waals surface area (Å²) >= 11 is 0. The highest BCUT2D eigenvalue weighted by atomic mass is 16.2. The topological polar surface area (TPSA) is 66.5 Å². The summed E-state index contributed by atoms with van der Waals surface area (Å²) in [6, 6.07) is 9.59. The normalized spacial score (nSPS) is 14.5. The molecule has 0 unspecified atom stereocenters. The van der Waals surface area contributed by atoms with Crippen LogP contribution in [0.4, 0.5) is 0 Å². The minimum atomic E-state index is -0.248. The summed E-state index contributed by atoms with van der Waals surface area (Å²) in [7, 11) is 0. The molecular formula is C18H20N2O3. The van der Waals surface area contributed by atoms with Gasteiger partial charge in [0.1, 0.15) is 0 Å². The summed E-state index contributed by atoms with van der Waals surface area (Å²) < 4.78 is 0. The number of amides is 3. The Bertz CT molecular complexity index is 647. The van der Waals surface area contributed by atoms with Crippen LogP contribution in [-0.4, -0.2) is 35.7 Å². The quantitative estimate of drug-likeness (QED) is 0.475. The van der Waals surface area contributed by atoms with Crippen LogP contribution in [0.5, 0.6) is 0 Å². The van der Waals surface area contributed by atoms with Crippen LogP contribution in [0.3, 0.4) is 0 Å². The first kappa shape index (κ1) is 16.7. The fourth-order valence-corrected chi connectivity index (χ4v) is 2.25. The van der Waals surface area contributed by atoms with Crippen molar-refractivity contribution in [2.75, 3.05) is 13.1 Å².